The van der Waals surface area contributed by atoms with Crippen LogP contribution < -0.4 is 5.73 Å². The third-order valence-corrected chi connectivity index (χ3v) is 3.13. The van der Waals surface area contributed by atoms with E-state index in [1.54, 1.807) is 4.90 Å². The highest BCUT2D eigenvalue weighted by molar-refractivity contribution is 6.07. The summed E-state index contributed by atoms with van der Waals surface area (Å²) in [6, 6.07) is 7.16. The minimum absolute atomic E-state index is 0.0163. The van der Waals surface area contributed by atoms with E-state index in [1.165, 1.54) is 0 Å². The van der Waals surface area contributed by atoms with Gasteiger partial charge in [-0.05, 0) is 18.1 Å². The molecule has 1 aromatic carbocycles. The van der Waals surface area contributed by atoms with Crippen molar-refractivity contribution in [1.29, 1.82) is 0 Å². The standard InChI is InChI=1S/C13H16N2O2/c1-2-15-12(17)7-11(16)13(15)10-5-3-9(8-14)4-6-10/h3-6,13H,2,7-8,14H2,1H3. The van der Waals surface area contributed by atoms with Crippen molar-refractivity contribution in [1.82, 2.24) is 4.90 Å². The number of likely N-dealkylation sites (tertiary alicyclic amines) is 1. The van der Waals surface area contributed by atoms with E-state index in [1.807, 2.05) is 31.2 Å². The first kappa shape index (κ1) is 11.8. The van der Waals surface area contributed by atoms with Crippen LogP contribution in [0.25, 0.3) is 0 Å². The maximum atomic E-state index is 11.8. The maximum Gasteiger partial charge on any atom is 0.230 e. The van der Waals surface area contributed by atoms with Gasteiger partial charge >= 0.3 is 0 Å². The number of rotatable bonds is 3. The van der Waals surface area contributed by atoms with E-state index < -0.39 is 6.04 Å². The minimum Gasteiger partial charge on any atom is -0.328 e. The summed E-state index contributed by atoms with van der Waals surface area (Å²) in [7, 11) is 0. The predicted octanol–water partition coefficient (Wildman–Crippen LogP) is 1.01. The molecule has 2 rings (SSSR count). The van der Waals surface area contributed by atoms with E-state index in [4.69, 9.17) is 5.73 Å². The molecule has 0 spiro atoms. The monoisotopic (exact) mass is 232 g/mol. The lowest BCUT2D eigenvalue weighted by molar-refractivity contribution is -0.128. The SMILES string of the molecule is CCN1C(=O)CC(=O)C1c1ccc(CN)cc1. The summed E-state index contributed by atoms with van der Waals surface area (Å²) in [6.07, 6.45) is 0.0249. The molecule has 1 saturated heterocycles. The molecule has 2 N–H and O–H groups in total. The number of benzene rings is 1. The van der Waals surface area contributed by atoms with Gasteiger partial charge in [-0.15, -0.1) is 0 Å². The van der Waals surface area contributed by atoms with Crippen LogP contribution in [0.3, 0.4) is 0 Å². The van der Waals surface area contributed by atoms with Gasteiger partial charge in [-0.2, -0.15) is 0 Å². The molecule has 0 bridgehead atoms. The zero-order chi connectivity index (χ0) is 12.4. The van der Waals surface area contributed by atoms with Crippen LogP contribution in [0.2, 0.25) is 0 Å². The van der Waals surface area contributed by atoms with E-state index in [-0.39, 0.29) is 18.1 Å². The van der Waals surface area contributed by atoms with E-state index in [0.29, 0.717) is 13.1 Å². The van der Waals surface area contributed by atoms with Gasteiger partial charge in [0.15, 0.2) is 5.78 Å². The Balaban J connectivity index is 2.31. The van der Waals surface area contributed by atoms with E-state index in [0.717, 1.165) is 11.1 Å². The summed E-state index contributed by atoms with van der Waals surface area (Å²) in [5.41, 5.74) is 7.42. The highest BCUT2D eigenvalue weighted by Gasteiger charge is 2.38. The lowest BCUT2D eigenvalue weighted by atomic mass is 10.0. The zero-order valence-corrected chi connectivity index (χ0v) is 9.85. The molecule has 1 unspecified atom stereocenters. The molecule has 1 heterocycles. The third-order valence-electron chi connectivity index (χ3n) is 3.13. The molecule has 0 saturated carbocycles. The second-order valence-corrected chi connectivity index (χ2v) is 4.17. The van der Waals surface area contributed by atoms with Crippen LogP contribution in [-0.2, 0) is 16.1 Å². The Kier molecular flexibility index (Phi) is 3.24. The molecule has 1 aromatic rings. The van der Waals surface area contributed by atoms with Crippen LogP contribution >= 0.6 is 0 Å². The normalized spacial score (nSPS) is 20.1. The number of ketones is 1. The molecule has 1 atom stereocenters. The number of carbonyl (C=O) groups is 2. The predicted molar refractivity (Wildman–Crippen MR) is 64.1 cm³/mol. The first-order valence-corrected chi connectivity index (χ1v) is 5.78. The van der Waals surface area contributed by atoms with E-state index in [2.05, 4.69) is 0 Å². The van der Waals surface area contributed by atoms with Gasteiger partial charge in [0.05, 0.1) is 6.42 Å². The van der Waals surface area contributed by atoms with Crippen LogP contribution in [0.4, 0.5) is 0 Å². The first-order valence-electron chi connectivity index (χ1n) is 5.78. The number of hydrogen-bond donors (Lipinski definition) is 1. The molecule has 0 radical (unpaired) electrons. The third kappa shape index (κ3) is 2.08. The fourth-order valence-electron chi connectivity index (χ4n) is 2.23. The van der Waals surface area contributed by atoms with Crippen molar-refractivity contribution in [3.8, 4) is 0 Å². The van der Waals surface area contributed by atoms with Crippen molar-refractivity contribution in [2.75, 3.05) is 6.54 Å². The number of hydrogen-bond acceptors (Lipinski definition) is 3. The Morgan fingerprint density at radius 1 is 1.29 bits per heavy atom. The number of nitrogens with zero attached hydrogens (tertiary/aromatic N) is 1. The summed E-state index contributed by atoms with van der Waals surface area (Å²) < 4.78 is 0. The Hall–Kier alpha value is -1.68. The Morgan fingerprint density at radius 3 is 2.47 bits per heavy atom. The fourth-order valence-corrected chi connectivity index (χ4v) is 2.23. The molecule has 0 aliphatic carbocycles. The van der Waals surface area contributed by atoms with Crippen molar-refractivity contribution >= 4 is 11.7 Å². The van der Waals surface area contributed by atoms with Crippen LogP contribution in [-0.4, -0.2) is 23.1 Å². The molecule has 4 heteroatoms. The summed E-state index contributed by atoms with van der Waals surface area (Å²) in [6.45, 7) is 2.93. The number of nitrogens with two attached hydrogens (primary N) is 1. The van der Waals surface area contributed by atoms with Crippen molar-refractivity contribution < 1.29 is 9.59 Å². The zero-order valence-electron chi connectivity index (χ0n) is 9.85. The number of Topliss-reactive ketones (excluding diaryl/α,β-unsaturated/α-hetero) is 1. The molecule has 1 aliphatic rings. The van der Waals surface area contributed by atoms with Crippen LogP contribution in [0, 0.1) is 0 Å². The first-order chi connectivity index (χ1) is 8.17. The Morgan fingerprint density at radius 2 is 1.94 bits per heavy atom. The summed E-state index contributed by atoms with van der Waals surface area (Å²) in [4.78, 5) is 25.1. The molecule has 1 amide bonds. The average molecular weight is 232 g/mol. The van der Waals surface area contributed by atoms with Gasteiger partial charge in [0.1, 0.15) is 6.04 Å². The molecule has 1 aliphatic heterocycles. The largest absolute Gasteiger partial charge is 0.328 e. The van der Waals surface area contributed by atoms with Gasteiger partial charge in [-0.25, -0.2) is 0 Å². The van der Waals surface area contributed by atoms with Gasteiger partial charge in [0.2, 0.25) is 5.91 Å². The summed E-state index contributed by atoms with van der Waals surface area (Å²) in [5, 5.41) is 0. The Bertz CT molecular complexity index is 439. The van der Waals surface area contributed by atoms with Gasteiger partial charge in [0, 0.05) is 13.1 Å². The molecule has 17 heavy (non-hydrogen) atoms. The molecule has 90 valence electrons. The van der Waals surface area contributed by atoms with E-state index >= 15 is 0 Å². The maximum absolute atomic E-state index is 11.8. The van der Waals surface area contributed by atoms with Crippen molar-refractivity contribution in [3.05, 3.63) is 35.4 Å². The Labute approximate surface area is 100 Å². The smallest absolute Gasteiger partial charge is 0.230 e. The highest BCUT2D eigenvalue weighted by atomic mass is 16.2. The van der Waals surface area contributed by atoms with Crippen LogP contribution in [0.5, 0.6) is 0 Å². The molecule has 1 fully saturated rings. The molecule has 4 nitrogen and oxygen atoms in total. The molecular weight excluding hydrogens is 216 g/mol. The summed E-state index contributed by atoms with van der Waals surface area (Å²) >= 11 is 0. The van der Waals surface area contributed by atoms with Gasteiger partial charge in [0.25, 0.3) is 0 Å². The number of amides is 1. The van der Waals surface area contributed by atoms with Gasteiger partial charge < -0.3 is 10.6 Å². The van der Waals surface area contributed by atoms with Crippen molar-refractivity contribution in [3.63, 3.8) is 0 Å². The van der Waals surface area contributed by atoms with Crippen LogP contribution in [0.15, 0.2) is 24.3 Å². The fraction of sp³-hybridized carbons (Fsp3) is 0.385. The summed E-state index contributed by atoms with van der Waals surface area (Å²) in [5.74, 6) is -0.0947. The minimum atomic E-state index is -0.403. The topological polar surface area (TPSA) is 63.4 Å². The number of carbonyl (C=O) groups excluding carboxylic acids is 2. The lowest BCUT2D eigenvalue weighted by Crippen LogP contribution is -2.28. The van der Waals surface area contributed by atoms with Crippen LogP contribution in [0.1, 0.15) is 30.5 Å². The quantitative estimate of drug-likeness (QED) is 0.791. The molecule has 0 aromatic heterocycles. The van der Waals surface area contributed by atoms with Gasteiger partial charge in [-0.3, -0.25) is 9.59 Å². The van der Waals surface area contributed by atoms with Crippen molar-refractivity contribution in [2.24, 2.45) is 5.73 Å². The second-order valence-electron chi connectivity index (χ2n) is 4.17. The molecular formula is C13H16N2O2. The average Bonchev–Trinajstić information content (AvgIpc) is 2.63. The lowest BCUT2D eigenvalue weighted by Gasteiger charge is -2.22. The number of likely N-dealkylation sites (N-methyl/N-ethyl adjacent to an activating group) is 1. The van der Waals surface area contributed by atoms with Crippen molar-refractivity contribution in [2.45, 2.75) is 25.9 Å². The van der Waals surface area contributed by atoms with Gasteiger partial charge in [-0.1, -0.05) is 24.3 Å². The van der Waals surface area contributed by atoms with E-state index in [9.17, 15) is 9.59 Å². The second kappa shape index (κ2) is 4.67. The highest BCUT2D eigenvalue weighted by Crippen LogP contribution is 2.29.